The highest BCUT2D eigenvalue weighted by Crippen LogP contribution is 2.27. The first-order valence-corrected chi connectivity index (χ1v) is 6.72. The number of anilines is 1. The van der Waals surface area contributed by atoms with E-state index in [1.165, 1.54) is 18.2 Å². The van der Waals surface area contributed by atoms with Crippen LogP contribution in [0.5, 0.6) is 0 Å². The summed E-state index contributed by atoms with van der Waals surface area (Å²) in [5.74, 6) is 0.0484. The van der Waals surface area contributed by atoms with Crippen molar-refractivity contribution in [3.05, 3.63) is 33.9 Å². The standard InChI is InChI=1S/C14H18N2O4/c1-9-3-2-4-11(7-9)20-14(17)12-6-5-10(16(18)19)8-13(12)15/h5-6,8-9,11H,2-4,7,15H2,1H3. The second-order valence-electron chi connectivity index (χ2n) is 5.33. The van der Waals surface area contributed by atoms with Crippen LogP contribution in [0.4, 0.5) is 11.4 Å². The molecule has 0 radical (unpaired) electrons. The fraction of sp³-hybridized carbons (Fsp3) is 0.500. The summed E-state index contributed by atoms with van der Waals surface area (Å²) in [7, 11) is 0. The Kier molecular flexibility index (Phi) is 4.22. The summed E-state index contributed by atoms with van der Waals surface area (Å²) < 4.78 is 5.44. The van der Waals surface area contributed by atoms with Gasteiger partial charge in [-0.15, -0.1) is 0 Å². The van der Waals surface area contributed by atoms with Crippen molar-refractivity contribution < 1.29 is 14.5 Å². The number of hydrogen-bond acceptors (Lipinski definition) is 5. The van der Waals surface area contributed by atoms with Crippen LogP contribution in [-0.2, 0) is 4.74 Å². The average Bonchev–Trinajstić information content (AvgIpc) is 2.38. The topological polar surface area (TPSA) is 95.5 Å². The van der Waals surface area contributed by atoms with Gasteiger partial charge in [-0.1, -0.05) is 13.3 Å². The SMILES string of the molecule is CC1CCCC(OC(=O)c2ccc([N+](=O)[O-])cc2N)C1. The third-order valence-electron chi connectivity index (χ3n) is 3.63. The molecule has 0 aromatic heterocycles. The van der Waals surface area contributed by atoms with Gasteiger partial charge >= 0.3 is 5.97 Å². The van der Waals surface area contributed by atoms with Gasteiger partial charge in [0.25, 0.3) is 5.69 Å². The number of benzene rings is 1. The molecule has 1 saturated carbocycles. The fourth-order valence-electron chi connectivity index (χ4n) is 2.55. The smallest absolute Gasteiger partial charge is 0.340 e. The van der Waals surface area contributed by atoms with Gasteiger partial charge in [-0.3, -0.25) is 10.1 Å². The highest BCUT2D eigenvalue weighted by Gasteiger charge is 2.24. The molecule has 1 fully saturated rings. The molecular formula is C14H18N2O4. The summed E-state index contributed by atoms with van der Waals surface area (Å²) in [6.07, 6.45) is 3.85. The molecule has 2 atom stereocenters. The molecule has 1 aromatic rings. The van der Waals surface area contributed by atoms with E-state index in [1.54, 1.807) is 0 Å². The fourth-order valence-corrected chi connectivity index (χ4v) is 2.55. The number of rotatable bonds is 3. The lowest BCUT2D eigenvalue weighted by molar-refractivity contribution is -0.384. The van der Waals surface area contributed by atoms with E-state index in [4.69, 9.17) is 10.5 Å². The molecule has 0 heterocycles. The lowest BCUT2D eigenvalue weighted by atomic mass is 9.89. The number of carbonyl (C=O) groups excluding carboxylic acids is 1. The molecule has 0 aliphatic heterocycles. The van der Waals surface area contributed by atoms with Crippen molar-refractivity contribution in [2.24, 2.45) is 5.92 Å². The quantitative estimate of drug-likeness (QED) is 0.397. The zero-order valence-electron chi connectivity index (χ0n) is 11.4. The molecule has 1 aliphatic rings. The molecule has 6 nitrogen and oxygen atoms in total. The maximum Gasteiger partial charge on any atom is 0.340 e. The predicted octanol–water partition coefficient (Wildman–Crippen LogP) is 2.91. The third kappa shape index (κ3) is 3.26. The Morgan fingerprint density at radius 3 is 2.80 bits per heavy atom. The normalized spacial score (nSPS) is 22.2. The molecule has 108 valence electrons. The van der Waals surface area contributed by atoms with E-state index in [-0.39, 0.29) is 23.0 Å². The molecule has 2 unspecified atom stereocenters. The van der Waals surface area contributed by atoms with Gasteiger partial charge in [0.1, 0.15) is 6.10 Å². The number of nitro groups is 1. The van der Waals surface area contributed by atoms with Crippen LogP contribution >= 0.6 is 0 Å². The zero-order valence-corrected chi connectivity index (χ0v) is 11.4. The molecule has 1 aliphatic carbocycles. The van der Waals surface area contributed by atoms with E-state index in [0.717, 1.165) is 25.7 Å². The summed E-state index contributed by atoms with van der Waals surface area (Å²) in [5.41, 5.74) is 5.82. The van der Waals surface area contributed by atoms with Gasteiger partial charge in [0.15, 0.2) is 0 Å². The maximum absolute atomic E-state index is 12.0. The predicted molar refractivity (Wildman–Crippen MR) is 74.3 cm³/mol. The van der Waals surface area contributed by atoms with Crippen LogP contribution in [0, 0.1) is 16.0 Å². The lowest BCUT2D eigenvalue weighted by Gasteiger charge is -2.26. The van der Waals surface area contributed by atoms with E-state index in [2.05, 4.69) is 6.92 Å². The largest absolute Gasteiger partial charge is 0.459 e. The van der Waals surface area contributed by atoms with Crippen molar-refractivity contribution in [2.45, 2.75) is 38.7 Å². The molecule has 2 rings (SSSR count). The van der Waals surface area contributed by atoms with E-state index >= 15 is 0 Å². The molecule has 6 heteroatoms. The molecule has 20 heavy (non-hydrogen) atoms. The Morgan fingerprint density at radius 1 is 1.45 bits per heavy atom. The highest BCUT2D eigenvalue weighted by molar-refractivity contribution is 5.95. The second kappa shape index (κ2) is 5.90. The van der Waals surface area contributed by atoms with Crippen LogP contribution in [0.15, 0.2) is 18.2 Å². The minimum absolute atomic E-state index is 0.0769. The van der Waals surface area contributed by atoms with Crippen molar-refractivity contribution in [1.29, 1.82) is 0 Å². The maximum atomic E-state index is 12.0. The molecule has 0 bridgehead atoms. The van der Waals surface area contributed by atoms with E-state index in [1.807, 2.05) is 0 Å². The number of nitrogens with two attached hydrogens (primary N) is 1. The van der Waals surface area contributed by atoms with Gasteiger partial charge in [0.2, 0.25) is 0 Å². The molecule has 2 N–H and O–H groups in total. The van der Waals surface area contributed by atoms with Gasteiger partial charge in [0, 0.05) is 12.1 Å². The molecule has 1 aromatic carbocycles. The Balaban J connectivity index is 2.07. The van der Waals surface area contributed by atoms with Crippen LogP contribution in [0.1, 0.15) is 43.0 Å². The third-order valence-corrected chi connectivity index (χ3v) is 3.63. The molecular weight excluding hydrogens is 260 g/mol. The van der Waals surface area contributed by atoms with Gasteiger partial charge in [0.05, 0.1) is 16.2 Å². The average molecular weight is 278 g/mol. The number of esters is 1. The molecule has 0 spiro atoms. The molecule has 0 saturated heterocycles. The number of carbonyl (C=O) groups is 1. The number of nitro benzene ring substituents is 1. The van der Waals surface area contributed by atoms with Crippen molar-refractivity contribution in [3.8, 4) is 0 Å². The lowest BCUT2D eigenvalue weighted by Crippen LogP contribution is -2.25. The van der Waals surface area contributed by atoms with Crippen molar-refractivity contribution >= 4 is 17.3 Å². The molecule has 0 amide bonds. The number of nitrogens with zero attached hydrogens (tertiary/aromatic N) is 1. The summed E-state index contributed by atoms with van der Waals surface area (Å²) in [5, 5.41) is 10.6. The van der Waals surface area contributed by atoms with Crippen LogP contribution in [-0.4, -0.2) is 17.0 Å². The Labute approximate surface area is 117 Å². The number of non-ortho nitro benzene ring substituents is 1. The zero-order chi connectivity index (χ0) is 14.7. The number of ether oxygens (including phenoxy) is 1. The van der Waals surface area contributed by atoms with Crippen LogP contribution < -0.4 is 5.73 Å². The van der Waals surface area contributed by atoms with Crippen molar-refractivity contribution in [1.82, 2.24) is 0 Å². The van der Waals surface area contributed by atoms with Crippen LogP contribution in [0.2, 0.25) is 0 Å². The summed E-state index contributed by atoms with van der Waals surface area (Å²) >= 11 is 0. The first kappa shape index (κ1) is 14.3. The first-order valence-electron chi connectivity index (χ1n) is 6.72. The van der Waals surface area contributed by atoms with Crippen molar-refractivity contribution in [3.63, 3.8) is 0 Å². The summed E-state index contributed by atoms with van der Waals surface area (Å²) in [4.78, 5) is 22.1. The van der Waals surface area contributed by atoms with E-state index < -0.39 is 10.9 Å². The second-order valence-corrected chi connectivity index (χ2v) is 5.33. The summed E-state index contributed by atoms with van der Waals surface area (Å²) in [6.45, 7) is 2.14. The van der Waals surface area contributed by atoms with Crippen LogP contribution in [0.25, 0.3) is 0 Å². The highest BCUT2D eigenvalue weighted by atomic mass is 16.6. The minimum Gasteiger partial charge on any atom is -0.459 e. The van der Waals surface area contributed by atoms with Crippen molar-refractivity contribution in [2.75, 3.05) is 5.73 Å². The number of hydrogen-bond donors (Lipinski definition) is 1. The Bertz CT molecular complexity index is 530. The van der Waals surface area contributed by atoms with Gasteiger partial charge in [-0.2, -0.15) is 0 Å². The number of nitrogen functional groups attached to an aromatic ring is 1. The van der Waals surface area contributed by atoms with E-state index in [0.29, 0.717) is 5.92 Å². The Morgan fingerprint density at radius 2 is 2.20 bits per heavy atom. The first-order chi connectivity index (χ1) is 9.47. The summed E-state index contributed by atoms with van der Waals surface area (Å²) in [6, 6.07) is 3.79. The minimum atomic E-state index is -0.547. The van der Waals surface area contributed by atoms with Gasteiger partial charge < -0.3 is 10.5 Å². The van der Waals surface area contributed by atoms with Crippen LogP contribution in [0.3, 0.4) is 0 Å². The van der Waals surface area contributed by atoms with Gasteiger partial charge in [-0.05, 0) is 31.2 Å². The van der Waals surface area contributed by atoms with Gasteiger partial charge in [-0.25, -0.2) is 4.79 Å². The van der Waals surface area contributed by atoms with E-state index in [9.17, 15) is 14.9 Å². The Hall–Kier alpha value is -2.11. The monoisotopic (exact) mass is 278 g/mol.